The van der Waals surface area contributed by atoms with Crippen molar-refractivity contribution in [1.29, 1.82) is 0 Å². The average molecular weight is 247 g/mol. The van der Waals surface area contributed by atoms with Crippen LogP contribution in [0.5, 0.6) is 0 Å². The van der Waals surface area contributed by atoms with Crippen LogP contribution in [0.2, 0.25) is 0 Å². The molecule has 18 heavy (non-hydrogen) atoms. The van der Waals surface area contributed by atoms with E-state index < -0.39 is 0 Å². The number of ether oxygens (including phenoxy) is 1. The van der Waals surface area contributed by atoms with Gasteiger partial charge in [-0.2, -0.15) is 0 Å². The number of likely N-dealkylation sites (N-methyl/N-ethyl adjacent to an activating group) is 1. The molecule has 4 rings (SSSR count). The van der Waals surface area contributed by atoms with Gasteiger partial charge < -0.3 is 9.64 Å². The van der Waals surface area contributed by atoms with Crippen LogP contribution in [0, 0.1) is 23.2 Å². The molecule has 6 unspecified atom stereocenters. The molecular weight excluding hydrogens is 226 g/mol. The second-order valence-electron chi connectivity index (χ2n) is 6.99. The molecule has 4 fully saturated rings. The number of amides is 1. The van der Waals surface area contributed by atoms with Crippen LogP contribution in [0.15, 0.2) is 12.2 Å². The van der Waals surface area contributed by atoms with Crippen molar-refractivity contribution in [2.75, 3.05) is 13.6 Å². The fraction of sp³-hybridized carbons (Fsp3) is 0.800. The van der Waals surface area contributed by atoms with Crippen molar-refractivity contribution >= 4 is 5.91 Å². The Hall–Kier alpha value is -0.830. The van der Waals surface area contributed by atoms with Crippen LogP contribution in [0.1, 0.15) is 26.2 Å². The van der Waals surface area contributed by atoms with E-state index in [1.165, 1.54) is 19.3 Å². The molecule has 1 heterocycles. The van der Waals surface area contributed by atoms with E-state index in [1.54, 1.807) is 6.92 Å². The van der Waals surface area contributed by atoms with Crippen LogP contribution in [0.4, 0.5) is 0 Å². The lowest BCUT2D eigenvalue weighted by atomic mass is 9.59. The Bertz CT molecular complexity index is 446. The molecule has 0 aromatic rings. The SMILES string of the molecule is C=C(C)C(=O)N(C)CC1CC23CC1CC2C1OC13. The quantitative estimate of drug-likeness (QED) is 0.563. The number of epoxide rings is 1. The van der Waals surface area contributed by atoms with Gasteiger partial charge >= 0.3 is 0 Å². The third-order valence-corrected chi connectivity index (χ3v) is 5.96. The Morgan fingerprint density at radius 2 is 2.28 bits per heavy atom. The van der Waals surface area contributed by atoms with Gasteiger partial charge in [0.2, 0.25) is 5.91 Å². The second-order valence-corrected chi connectivity index (χ2v) is 6.99. The van der Waals surface area contributed by atoms with Crippen molar-refractivity contribution in [3.05, 3.63) is 12.2 Å². The molecule has 0 N–H and O–H groups in total. The number of carbonyl (C=O) groups is 1. The summed E-state index contributed by atoms with van der Waals surface area (Å²) in [5.41, 5.74) is 1.18. The van der Waals surface area contributed by atoms with E-state index in [2.05, 4.69) is 6.58 Å². The largest absolute Gasteiger partial charge is 0.369 e. The Kier molecular flexibility index (Phi) is 1.95. The molecule has 4 aliphatic rings. The van der Waals surface area contributed by atoms with Crippen LogP contribution in [0.25, 0.3) is 0 Å². The fourth-order valence-electron chi connectivity index (χ4n) is 5.18. The van der Waals surface area contributed by atoms with E-state index in [0.717, 1.165) is 18.4 Å². The summed E-state index contributed by atoms with van der Waals surface area (Å²) < 4.78 is 5.76. The van der Waals surface area contributed by atoms with Crippen LogP contribution >= 0.6 is 0 Å². The number of rotatable bonds is 3. The molecule has 1 saturated heterocycles. The number of hydrogen-bond donors (Lipinski definition) is 0. The van der Waals surface area contributed by atoms with Crippen molar-refractivity contribution in [3.63, 3.8) is 0 Å². The van der Waals surface area contributed by atoms with Gasteiger partial charge in [0.05, 0.1) is 12.2 Å². The van der Waals surface area contributed by atoms with E-state index in [0.29, 0.717) is 29.1 Å². The molecule has 0 radical (unpaired) electrons. The van der Waals surface area contributed by atoms with Crippen LogP contribution < -0.4 is 0 Å². The van der Waals surface area contributed by atoms with Crippen molar-refractivity contribution in [1.82, 2.24) is 4.90 Å². The minimum atomic E-state index is 0.0981. The summed E-state index contributed by atoms with van der Waals surface area (Å²) in [6, 6.07) is 0. The lowest BCUT2D eigenvalue weighted by Gasteiger charge is -2.42. The molecule has 1 aliphatic heterocycles. The Balaban J connectivity index is 1.43. The first-order valence-electron chi connectivity index (χ1n) is 7.09. The zero-order valence-electron chi connectivity index (χ0n) is 11.2. The third-order valence-electron chi connectivity index (χ3n) is 5.96. The second kappa shape index (κ2) is 3.19. The van der Waals surface area contributed by atoms with Gasteiger partial charge in [0, 0.05) is 24.6 Å². The molecule has 0 aromatic carbocycles. The first-order chi connectivity index (χ1) is 8.53. The highest BCUT2D eigenvalue weighted by Crippen LogP contribution is 2.76. The number of hydrogen-bond acceptors (Lipinski definition) is 2. The molecule has 3 nitrogen and oxygen atoms in total. The van der Waals surface area contributed by atoms with Crippen LogP contribution in [-0.2, 0) is 9.53 Å². The number of fused-ring (bicyclic) bond motifs is 3. The van der Waals surface area contributed by atoms with Crippen molar-refractivity contribution in [2.24, 2.45) is 23.2 Å². The molecule has 1 spiro atoms. The molecular formula is C15H21NO2. The summed E-state index contributed by atoms with van der Waals surface area (Å²) >= 11 is 0. The summed E-state index contributed by atoms with van der Waals surface area (Å²) in [5, 5.41) is 0. The zero-order chi connectivity index (χ0) is 12.7. The first kappa shape index (κ1) is 11.0. The van der Waals surface area contributed by atoms with Crippen LogP contribution in [-0.4, -0.2) is 36.6 Å². The molecule has 98 valence electrons. The normalized spacial score (nSPS) is 50.2. The fourth-order valence-corrected chi connectivity index (χ4v) is 5.18. The highest BCUT2D eigenvalue weighted by molar-refractivity contribution is 5.91. The van der Waals surface area contributed by atoms with E-state index in [9.17, 15) is 4.79 Å². The molecule has 3 saturated carbocycles. The summed E-state index contributed by atoms with van der Waals surface area (Å²) in [4.78, 5) is 13.7. The topological polar surface area (TPSA) is 32.8 Å². The molecule has 0 aromatic heterocycles. The van der Waals surface area contributed by atoms with Gasteiger partial charge in [-0.25, -0.2) is 0 Å². The van der Waals surface area contributed by atoms with Crippen molar-refractivity contribution < 1.29 is 9.53 Å². The lowest BCUT2D eigenvalue weighted by Crippen LogP contribution is -2.47. The Morgan fingerprint density at radius 3 is 3.00 bits per heavy atom. The summed E-state index contributed by atoms with van der Waals surface area (Å²) in [5.74, 6) is 2.50. The minimum Gasteiger partial charge on any atom is -0.369 e. The monoisotopic (exact) mass is 247 g/mol. The van der Waals surface area contributed by atoms with E-state index in [-0.39, 0.29) is 5.91 Å². The highest BCUT2D eigenvalue weighted by Gasteiger charge is 2.79. The van der Waals surface area contributed by atoms with E-state index >= 15 is 0 Å². The third kappa shape index (κ3) is 1.16. The Morgan fingerprint density at radius 1 is 1.50 bits per heavy atom. The summed E-state index contributed by atoms with van der Waals surface area (Å²) in [6.07, 6.45) is 5.22. The molecule has 1 amide bonds. The maximum atomic E-state index is 11.9. The molecule has 2 bridgehead atoms. The molecule has 6 atom stereocenters. The van der Waals surface area contributed by atoms with Gasteiger partial charge in [0.25, 0.3) is 0 Å². The maximum absolute atomic E-state index is 11.9. The highest BCUT2D eigenvalue weighted by atomic mass is 16.6. The van der Waals surface area contributed by atoms with Crippen molar-refractivity contribution in [2.45, 2.75) is 38.4 Å². The predicted molar refractivity (Wildman–Crippen MR) is 67.9 cm³/mol. The van der Waals surface area contributed by atoms with Gasteiger partial charge in [-0.15, -0.1) is 0 Å². The van der Waals surface area contributed by atoms with Gasteiger partial charge in [-0.05, 0) is 43.9 Å². The first-order valence-corrected chi connectivity index (χ1v) is 7.09. The summed E-state index contributed by atoms with van der Waals surface area (Å²) in [7, 11) is 1.91. The van der Waals surface area contributed by atoms with Gasteiger partial charge in [0.15, 0.2) is 0 Å². The van der Waals surface area contributed by atoms with Crippen molar-refractivity contribution in [3.8, 4) is 0 Å². The molecule has 3 aliphatic carbocycles. The maximum Gasteiger partial charge on any atom is 0.248 e. The smallest absolute Gasteiger partial charge is 0.248 e. The van der Waals surface area contributed by atoms with Crippen LogP contribution in [0.3, 0.4) is 0 Å². The van der Waals surface area contributed by atoms with Gasteiger partial charge in [0.1, 0.15) is 0 Å². The zero-order valence-corrected chi connectivity index (χ0v) is 11.2. The predicted octanol–water partition coefficient (Wildman–Crippen LogP) is 1.83. The average Bonchev–Trinajstić information content (AvgIpc) is 2.88. The summed E-state index contributed by atoms with van der Waals surface area (Å²) in [6.45, 7) is 6.44. The lowest BCUT2D eigenvalue weighted by molar-refractivity contribution is -0.126. The number of carbonyl (C=O) groups excluding carboxylic acids is 1. The standard InChI is InChI=1S/C15H21NO2/c1-8(2)14(17)16(3)7-10-6-15-5-9(10)4-11(15)12-13(15)18-12/h9-13H,1,4-7H2,2-3H3. The molecule has 3 heteroatoms. The minimum absolute atomic E-state index is 0.0981. The Labute approximate surface area is 108 Å². The number of nitrogens with zero attached hydrogens (tertiary/aromatic N) is 1. The van der Waals surface area contributed by atoms with E-state index in [4.69, 9.17) is 4.74 Å². The van der Waals surface area contributed by atoms with Gasteiger partial charge in [-0.3, -0.25) is 4.79 Å². The van der Waals surface area contributed by atoms with E-state index in [1.807, 2.05) is 11.9 Å². The van der Waals surface area contributed by atoms with Gasteiger partial charge in [-0.1, -0.05) is 6.58 Å².